The van der Waals surface area contributed by atoms with Gasteiger partial charge in [-0.25, -0.2) is 4.39 Å². The van der Waals surface area contributed by atoms with Crippen molar-refractivity contribution in [3.63, 3.8) is 0 Å². The standard InChI is InChI=1S/C19H24FNO/c1-4-22-19-10-14(3)13(2)9-18(19)16(12-21)11-15-5-7-17(20)8-6-15/h5-10,16H,4,11-12,21H2,1-3H3. The van der Waals surface area contributed by atoms with E-state index < -0.39 is 0 Å². The lowest BCUT2D eigenvalue weighted by Crippen LogP contribution is -2.16. The first-order valence-corrected chi connectivity index (χ1v) is 7.73. The average Bonchev–Trinajstić information content (AvgIpc) is 2.51. The lowest BCUT2D eigenvalue weighted by Gasteiger charge is -2.21. The van der Waals surface area contributed by atoms with E-state index in [9.17, 15) is 4.39 Å². The van der Waals surface area contributed by atoms with E-state index in [4.69, 9.17) is 10.5 Å². The van der Waals surface area contributed by atoms with E-state index in [1.807, 2.05) is 19.1 Å². The molecule has 2 N–H and O–H groups in total. The Balaban J connectivity index is 2.33. The molecule has 0 spiro atoms. The molecule has 0 saturated heterocycles. The van der Waals surface area contributed by atoms with Crippen LogP contribution in [-0.2, 0) is 6.42 Å². The maximum absolute atomic E-state index is 13.0. The third kappa shape index (κ3) is 3.86. The molecule has 0 heterocycles. The number of halogens is 1. The Morgan fingerprint density at radius 2 is 1.73 bits per heavy atom. The van der Waals surface area contributed by atoms with Crippen molar-refractivity contribution in [1.29, 1.82) is 0 Å². The van der Waals surface area contributed by atoms with Gasteiger partial charge in [0.05, 0.1) is 6.61 Å². The van der Waals surface area contributed by atoms with E-state index in [0.29, 0.717) is 13.2 Å². The van der Waals surface area contributed by atoms with Crippen LogP contribution in [-0.4, -0.2) is 13.2 Å². The van der Waals surface area contributed by atoms with E-state index in [1.165, 1.54) is 23.3 Å². The topological polar surface area (TPSA) is 35.2 Å². The smallest absolute Gasteiger partial charge is 0.123 e. The van der Waals surface area contributed by atoms with Gasteiger partial charge in [-0.3, -0.25) is 0 Å². The number of rotatable bonds is 6. The fourth-order valence-corrected chi connectivity index (χ4v) is 2.64. The van der Waals surface area contributed by atoms with Gasteiger partial charge in [0.15, 0.2) is 0 Å². The summed E-state index contributed by atoms with van der Waals surface area (Å²) in [7, 11) is 0. The van der Waals surface area contributed by atoms with E-state index in [1.54, 1.807) is 0 Å². The van der Waals surface area contributed by atoms with Gasteiger partial charge in [0.25, 0.3) is 0 Å². The van der Waals surface area contributed by atoms with E-state index >= 15 is 0 Å². The maximum Gasteiger partial charge on any atom is 0.123 e. The summed E-state index contributed by atoms with van der Waals surface area (Å²) in [5, 5.41) is 0. The summed E-state index contributed by atoms with van der Waals surface area (Å²) in [6, 6.07) is 10.9. The minimum Gasteiger partial charge on any atom is -0.494 e. The minimum atomic E-state index is -0.214. The van der Waals surface area contributed by atoms with Gasteiger partial charge in [-0.1, -0.05) is 18.2 Å². The van der Waals surface area contributed by atoms with Crippen LogP contribution in [0, 0.1) is 19.7 Å². The van der Waals surface area contributed by atoms with Gasteiger partial charge in [-0.2, -0.15) is 0 Å². The molecule has 2 aromatic rings. The molecule has 0 saturated carbocycles. The molecule has 2 aromatic carbocycles. The Morgan fingerprint density at radius 3 is 2.32 bits per heavy atom. The summed E-state index contributed by atoms with van der Waals surface area (Å²) in [6.07, 6.45) is 0.777. The zero-order valence-corrected chi connectivity index (χ0v) is 13.5. The summed E-state index contributed by atoms with van der Waals surface area (Å²) in [5.74, 6) is 0.851. The van der Waals surface area contributed by atoms with Gasteiger partial charge < -0.3 is 10.5 Å². The first-order chi connectivity index (χ1) is 10.5. The van der Waals surface area contributed by atoms with Crippen molar-refractivity contribution in [1.82, 2.24) is 0 Å². The van der Waals surface area contributed by atoms with Gasteiger partial charge in [0.2, 0.25) is 0 Å². The molecule has 0 aliphatic rings. The molecule has 1 unspecified atom stereocenters. The van der Waals surface area contributed by atoms with Gasteiger partial charge >= 0.3 is 0 Å². The second-order valence-corrected chi connectivity index (χ2v) is 5.67. The van der Waals surface area contributed by atoms with Crippen molar-refractivity contribution in [2.24, 2.45) is 5.73 Å². The third-order valence-corrected chi connectivity index (χ3v) is 4.05. The lowest BCUT2D eigenvalue weighted by atomic mass is 9.89. The zero-order valence-electron chi connectivity index (χ0n) is 13.5. The monoisotopic (exact) mass is 301 g/mol. The highest BCUT2D eigenvalue weighted by Gasteiger charge is 2.17. The van der Waals surface area contributed by atoms with Crippen molar-refractivity contribution in [2.75, 3.05) is 13.2 Å². The van der Waals surface area contributed by atoms with Crippen LogP contribution in [0.3, 0.4) is 0 Å². The number of benzene rings is 2. The SMILES string of the molecule is CCOc1cc(C)c(C)cc1C(CN)Cc1ccc(F)cc1. The van der Waals surface area contributed by atoms with Crippen LogP contribution in [0.25, 0.3) is 0 Å². The van der Waals surface area contributed by atoms with Crippen molar-refractivity contribution in [3.05, 3.63) is 64.5 Å². The second-order valence-electron chi connectivity index (χ2n) is 5.67. The van der Waals surface area contributed by atoms with E-state index in [0.717, 1.165) is 23.3 Å². The summed E-state index contributed by atoms with van der Waals surface area (Å²) in [5.41, 5.74) is 10.7. The molecule has 0 aromatic heterocycles. The van der Waals surface area contributed by atoms with Gasteiger partial charge in [-0.15, -0.1) is 0 Å². The van der Waals surface area contributed by atoms with Gasteiger partial charge in [0.1, 0.15) is 11.6 Å². The predicted molar refractivity (Wildman–Crippen MR) is 89.0 cm³/mol. The number of hydrogen-bond donors (Lipinski definition) is 1. The largest absolute Gasteiger partial charge is 0.494 e. The molecule has 0 aliphatic carbocycles. The first-order valence-electron chi connectivity index (χ1n) is 7.73. The molecule has 2 nitrogen and oxygen atoms in total. The fraction of sp³-hybridized carbons (Fsp3) is 0.368. The summed E-state index contributed by atoms with van der Waals surface area (Å²) in [4.78, 5) is 0. The molecule has 118 valence electrons. The lowest BCUT2D eigenvalue weighted by molar-refractivity contribution is 0.333. The predicted octanol–water partition coefficient (Wildman–Crippen LogP) is 4.13. The Hall–Kier alpha value is -1.87. The number of ether oxygens (including phenoxy) is 1. The van der Waals surface area contributed by atoms with Crippen LogP contribution in [0.1, 0.15) is 35.1 Å². The van der Waals surface area contributed by atoms with Crippen LogP contribution < -0.4 is 10.5 Å². The van der Waals surface area contributed by atoms with Crippen LogP contribution in [0.4, 0.5) is 4.39 Å². The highest BCUT2D eigenvalue weighted by Crippen LogP contribution is 2.31. The molecule has 0 aliphatic heterocycles. The number of hydrogen-bond acceptors (Lipinski definition) is 2. The van der Waals surface area contributed by atoms with Crippen molar-refractivity contribution in [3.8, 4) is 5.75 Å². The van der Waals surface area contributed by atoms with Crippen molar-refractivity contribution >= 4 is 0 Å². The quantitative estimate of drug-likeness (QED) is 0.871. The maximum atomic E-state index is 13.0. The van der Waals surface area contributed by atoms with Crippen LogP contribution in [0.5, 0.6) is 5.75 Å². The summed E-state index contributed by atoms with van der Waals surface area (Å²) >= 11 is 0. The molecule has 0 amide bonds. The Morgan fingerprint density at radius 1 is 1.09 bits per heavy atom. The second kappa shape index (κ2) is 7.41. The molecular weight excluding hydrogens is 277 g/mol. The Kier molecular flexibility index (Phi) is 5.56. The normalized spacial score (nSPS) is 12.2. The summed E-state index contributed by atoms with van der Waals surface area (Å²) < 4.78 is 18.8. The molecule has 22 heavy (non-hydrogen) atoms. The van der Waals surface area contributed by atoms with Crippen LogP contribution >= 0.6 is 0 Å². The molecule has 0 fully saturated rings. The third-order valence-electron chi connectivity index (χ3n) is 4.05. The average molecular weight is 301 g/mol. The first kappa shape index (κ1) is 16.5. The highest BCUT2D eigenvalue weighted by atomic mass is 19.1. The van der Waals surface area contributed by atoms with Gasteiger partial charge in [0, 0.05) is 5.92 Å². The molecule has 3 heteroatoms. The van der Waals surface area contributed by atoms with E-state index in [-0.39, 0.29) is 11.7 Å². The van der Waals surface area contributed by atoms with Crippen LogP contribution in [0.2, 0.25) is 0 Å². The van der Waals surface area contributed by atoms with Crippen LogP contribution in [0.15, 0.2) is 36.4 Å². The highest BCUT2D eigenvalue weighted by molar-refractivity contribution is 5.44. The Labute approximate surface area is 132 Å². The van der Waals surface area contributed by atoms with Crippen molar-refractivity contribution < 1.29 is 9.13 Å². The molecule has 0 bridgehead atoms. The van der Waals surface area contributed by atoms with Gasteiger partial charge in [-0.05, 0) is 74.2 Å². The number of nitrogens with two attached hydrogens (primary N) is 1. The molecular formula is C19H24FNO. The minimum absolute atomic E-state index is 0.159. The molecule has 2 rings (SSSR count). The summed E-state index contributed by atoms with van der Waals surface area (Å²) in [6.45, 7) is 7.32. The Bertz CT molecular complexity index is 622. The van der Waals surface area contributed by atoms with Crippen molar-refractivity contribution in [2.45, 2.75) is 33.1 Å². The fourth-order valence-electron chi connectivity index (χ4n) is 2.64. The van der Waals surface area contributed by atoms with E-state index in [2.05, 4.69) is 26.0 Å². The molecule has 0 radical (unpaired) electrons. The molecule has 1 atom stereocenters. The number of aryl methyl sites for hydroxylation is 2. The zero-order chi connectivity index (χ0) is 16.1.